The van der Waals surface area contributed by atoms with Gasteiger partial charge in [0, 0.05) is 19.8 Å². The Balaban J connectivity index is 3.22. The first-order valence-electron chi connectivity index (χ1n) is 6.30. The Morgan fingerprint density at radius 2 is 1.73 bits per heavy atom. The fraction of sp³-hybridized carbons (Fsp3) is 1.00. The Kier molecular flexibility index (Phi) is 11.9. The van der Waals surface area contributed by atoms with E-state index >= 15 is 0 Å². The van der Waals surface area contributed by atoms with Gasteiger partial charge in [0.15, 0.2) is 0 Å². The van der Waals surface area contributed by atoms with Gasteiger partial charge in [0.25, 0.3) is 0 Å². The van der Waals surface area contributed by atoms with Gasteiger partial charge in [-0.05, 0) is 12.8 Å². The number of nitrogens with one attached hydrogen (secondary N) is 1. The quantitative estimate of drug-likeness (QED) is 0.317. The van der Waals surface area contributed by atoms with Crippen molar-refractivity contribution in [1.82, 2.24) is 5.43 Å². The van der Waals surface area contributed by atoms with E-state index in [1.807, 2.05) is 0 Å². The van der Waals surface area contributed by atoms with Gasteiger partial charge in [-0.15, -0.1) is 0 Å². The van der Waals surface area contributed by atoms with Crippen LogP contribution in [0, 0.1) is 0 Å². The summed E-state index contributed by atoms with van der Waals surface area (Å²) in [6.45, 7) is 3.05. The molecule has 92 valence electrons. The second kappa shape index (κ2) is 12.0. The van der Waals surface area contributed by atoms with Crippen molar-refractivity contribution in [1.29, 1.82) is 0 Å². The third kappa shape index (κ3) is 10.2. The van der Waals surface area contributed by atoms with Crippen LogP contribution in [-0.4, -0.2) is 19.8 Å². The molecule has 1 atom stereocenters. The molecule has 0 aromatic carbocycles. The fourth-order valence-electron chi connectivity index (χ4n) is 1.74. The Morgan fingerprint density at radius 3 is 2.33 bits per heavy atom. The number of hydrogen-bond acceptors (Lipinski definition) is 3. The average molecular weight is 216 g/mol. The topological polar surface area (TPSA) is 47.3 Å². The molecule has 0 aliphatic rings. The van der Waals surface area contributed by atoms with Crippen molar-refractivity contribution in [3.8, 4) is 0 Å². The van der Waals surface area contributed by atoms with Crippen LogP contribution in [0.2, 0.25) is 0 Å². The molecule has 0 aliphatic heterocycles. The van der Waals surface area contributed by atoms with Crippen molar-refractivity contribution >= 4 is 0 Å². The van der Waals surface area contributed by atoms with E-state index in [2.05, 4.69) is 12.3 Å². The second-order valence-corrected chi connectivity index (χ2v) is 4.20. The molecule has 15 heavy (non-hydrogen) atoms. The van der Waals surface area contributed by atoms with Gasteiger partial charge < -0.3 is 4.74 Å². The molecule has 0 amide bonds. The highest BCUT2D eigenvalue weighted by atomic mass is 16.5. The summed E-state index contributed by atoms with van der Waals surface area (Å²) >= 11 is 0. The van der Waals surface area contributed by atoms with Crippen LogP contribution in [0.5, 0.6) is 0 Å². The predicted octanol–water partition coefficient (Wildman–Crippen LogP) is 2.61. The zero-order valence-corrected chi connectivity index (χ0v) is 10.4. The van der Waals surface area contributed by atoms with Gasteiger partial charge in [-0.2, -0.15) is 0 Å². The molecule has 3 heteroatoms. The summed E-state index contributed by atoms with van der Waals surface area (Å²) in [5, 5.41) is 0. The van der Waals surface area contributed by atoms with E-state index in [1.165, 1.54) is 44.9 Å². The van der Waals surface area contributed by atoms with E-state index in [0.29, 0.717) is 6.04 Å². The van der Waals surface area contributed by atoms with Crippen molar-refractivity contribution in [2.75, 3.05) is 13.7 Å². The number of hydrazine groups is 1. The summed E-state index contributed by atoms with van der Waals surface area (Å²) in [5.41, 5.74) is 2.86. The Labute approximate surface area is 94.7 Å². The standard InChI is InChI=1S/C12H28N2O/c1-3-4-5-6-7-8-9-12(14-13)10-11-15-2/h12,14H,3-11,13H2,1-2H3. The number of methoxy groups -OCH3 is 1. The molecule has 0 spiro atoms. The van der Waals surface area contributed by atoms with Gasteiger partial charge in [-0.1, -0.05) is 45.4 Å². The summed E-state index contributed by atoms with van der Waals surface area (Å²) < 4.78 is 5.04. The van der Waals surface area contributed by atoms with Crippen molar-refractivity contribution in [3.05, 3.63) is 0 Å². The third-order valence-corrected chi connectivity index (χ3v) is 2.81. The number of nitrogens with two attached hydrogens (primary N) is 1. The molecule has 0 fully saturated rings. The lowest BCUT2D eigenvalue weighted by Gasteiger charge is -2.14. The number of unbranched alkanes of at least 4 members (excludes halogenated alkanes) is 5. The molecule has 3 nitrogen and oxygen atoms in total. The van der Waals surface area contributed by atoms with Crippen LogP contribution in [0.25, 0.3) is 0 Å². The third-order valence-electron chi connectivity index (χ3n) is 2.81. The normalized spacial score (nSPS) is 13.0. The molecule has 0 saturated carbocycles. The summed E-state index contributed by atoms with van der Waals surface area (Å²) in [5.74, 6) is 5.47. The zero-order valence-electron chi connectivity index (χ0n) is 10.4. The smallest absolute Gasteiger partial charge is 0.0477 e. The Morgan fingerprint density at radius 1 is 1.07 bits per heavy atom. The van der Waals surface area contributed by atoms with Crippen LogP contribution in [0.3, 0.4) is 0 Å². The maximum absolute atomic E-state index is 5.47. The van der Waals surface area contributed by atoms with E-state index in [1.54, 1.807) is 7.11 Å². The SMILES string of the molecule is CCCCCCCCC(CCOC)NN. The number of hydrogen-bond donors (Lipinski definition) is 2. The molecule has 0 rings (SSSR count). The molecule has 0 aliphatic carbocycles. The van der Waals surface area contributed by atoms with Gasteiger partial charge in [0.05, 0.1) is 0 Å². The Hall–Kier alpha value is -0.120. The second-order valence-electron chi connectivity index (χ2n) is 4.20. The molecule has 0 bridgehead atoms. The summed E-state index contributed by atoms with van der Waals surface area (Å²) in [6, 6.07) is 0.427. The van der Waals surface area contributed by atoms with Gasteiger partial charge >= 0.3 is 0 Å². The van der Waals surface area contributed by atoms with Gasteiger partial charge in [0.2, 0.25) is 0 Å². The molecule has 0 heterocycles. The van der Waals surface area contributed by atoms with E-state index in [0.717, 1.165) is 13.0 Å². The lowest BCUT2D eigenvalue weighted by atomic mass is 10.0. The highest BCUT2D eigenvalue weighted by Gasteiger charge is 2.04. The van der Waals surface area contributed by atoms with Crippen LogP contribution < -0.4 is 11.3 Å². The van der Waals surface area contributed by atoms with Crippen LogP contribution in [0.4, 0.5) is 0 Å². The van der Waals surface area contributed by atoms with Crippen LogP contribution in [0.15, 0.2) is 0 Å². The van der Waals surface area contributed by atoms with Crippen molar-refractivity contribution in [2.45, 2.75) is 64.3 Å². The van der Waals surface area contributed by atoms with Crippen molar-refractivity contribution in [2.24, 2.45) is 5.84 Å². The molecular weight excluding hydrogens is 188 g/mol. The highest BCUT2D eigenvalue weighted by Crippen LogP contribution is 2.09. The minimum absolute atomic E-state index is 0.427. The van der Waals surface area contributed by atoms with Crippen LogP contribution in [-0.2, 0) is 4.74 Å². The minimum atomic E-state index is 0.427. The maximum Gasteiger partial charge on any atom is 0.0477 e. The van der Waals surface area contributed by atoms with E-state index < -0.39 is 0 Å². The van der Waals surface area contributed by atoms with E-state index in [9.17, 15) is 0 Å². The summed E-state index contributed by atoms with van der Waals surface area (Å²) in [6.07, 6.45) is 10.3. The molecule has 0 aromatic rings. The summed E-state index contributed by atoms with van der Waals surface area (Å²) in [7, 11) is 1.73. The molecule has 0 radical (unpaired) electrons. The van der Waals surface area contributed by atoms with Crippen LogP contribution >= 0.6 is 0 Å². The molecular formula is C12H28N2O. The first-order chi connectivity index (χ1) is 7.35. The molecule has 0 saturated heterocycles. The maximum atomic E-state index is 5.47. The van der Waals surface area contributed by atoms with Gasteiger partial charge in [-0.3, -0.25) is 11.3 Å². The average Bonchev–Trinajstić information content (AvgIpc) is 2.27. The van der Waals surface area contributed by atoms with Crippen molar-refractivity contribution in [3.63, 3.8) is 0 Å². The first kappa shape index (κ1) is 14.9. The first-order valence-corrected chi connectivity index (χ1v) is 6.30. The summed E-state index contributed by atoms with van der Waals surface area (Å²) in [4.78, 5) is 0. The molecule has 3 N–H and O–H groups in total. The van der Waals surface area contributed by atoms with E-state index in [-0.39, 0.29) is 0 Å². The zero-order chi connectivity index (χ0) is 11.4. The molecule has 1 unspecified atom stereocenters. The lowest BCUT2D eigenvalue weighted by molar-refractivity contribution is 0.180. The number of ether oxygens (including phenoxy) is 1. The fourth-order valence-corrected chi connectivity index (χ4v) is 1.74. The number of rotatable bonds is 11. The Bertz CT molecular complexity index is 120. The van der Waals surface area contributed by atoms with Crippen LogP contribution in [0.1, 0.15) is 58.3 Å². The predicted molar refractivity (Wildman–Crippen MR) is 65.6 cm³/mol. The largest absolute Gasteiger partial charge is 0.385 e. The molecule has 0 aromatic heterocycles. The minimum Gasteiger partial charge on any atom is -0.385 e. The van der Waals surface area contributed by atoms with E-state index in [4.69, 9.17) is 10.6 Å². The van der Waals surface area contributed by atoms with Crippen molar-refractivity contribution < 1.29 is 4.74 Å². The monoisotopic (exact) mass is 216 g/mol. The lowest BCUT2D eigenvalue weighted by Crippen LogP contribution is -2.35. The van der Waals surface area contributed by atoms with Gasteiger partial charge in [0.1, 0.15) is 0 Å². The highest BCUT2D eigenvalue weighted by molar-refractivity contribution is 4.63. The van der Waals surface area contributed by atoms with Gasteiger partial charge in [-0.25, -0.2) is 0 Å².